The molecule has 0 aliphatic heterocycles. The minimum Gasteiger partial charge on any atom is -0.385 e. The van der Waals surface area contributed by atoms with Crippen LogP contribution in [0.5, 0.6) is 0 Å². The standard InChI is InChI=1S/C15H13F3N4O4/c1-24-7-3-6-11-12(20-26-19-11)13-21-25-14(23)22(13)10-5-2-4-9(8-10)15(16,17)18/h2,4-5,8H,3,6-7H2,1H3. The number of halogens is 3. The van der Waals surface area contributed by atoms with Gasteiger partial charge >= 0.3 is 11.9 Å². The van der Waals surface area contributed by atoms with Gasteiger partial charge in [0.2, 0.25) is 5.82 Å². The number of nitrogens with zero attached hydrogens (tertiary/aromatic N) is 4. The Bertz CT molecular complexity index is 945. The van der Waals surface area contributed by atoms with E-state index >= 15 is 0 Å². The minimum absolute atomic E-state index is 0.0630. The maximum absolute atomic E-state index is 12.9. The van der Waals surface area contributed by atoms with Crippen LogP contribution in [0.25, 0.3) is 17.2 Å². The van der Waals surface area contributed by atoms with Gasteiger partial charge in [-0.3, -0.25) is 4.52 Å². The first-order valence-corrected chi connectivity index (χ1v) is 7.49. The summed E-state index contributed by atoms with van der Waals surface area (Å²) in [6.45, 7) is 0.464. The Labute approximate surface area is 144 Å². The first-order valence-electron chi connectivity index (χ1n) is 7.49. The van der Waals surface area contributed by atoms with Crippen molar-refractivity contribution in [2.24, 2.45) is 0 Å². The van der Waals surface area contributed by atoms with Crippen molar-refractivity contribution in [1.82, 2.24) is 20.0 Å². The molecule has 0 unspecified atom stereocenters. The average molecular weight is 370 g/mol. The third kappa shape index (κ3) is 3.52. The summed E-state index contributed by atoms with van der Waals surface area (Å²) < 4.78 is 54.0. The smallest absolute Gasteiger partial charge is 0.385 e. The van der Waals surface area contributed by atoms with Gasteiger partial charge < -0.3 is 4.74 Å². The molecule has 0 saturated carbocycles. The lowest BCUT2D eigenvalue weighted by atomic mass is 10.1. The topological polar surface area (TPSA) is 96.2 Å². The number of aryl methyl sites for hydroxylation is 1. The predicted molar refractivity (Wildman–Crippen MR) is 80.6 cm³/mol. The summed E-state index contributed by atoms with van der Waals surface area (Å²) in [5, 5.41) is 11.1. The Morgan fingerprint density at radius 1 is 1.23 bits per heavy atom. The summed E-state index contributed by atoms with van der Waals surface area (Å²) in [5.74, 6) is -1.05. The molecule has 0 bridgehead atoms. The van der Waals surface area contributed by atoms with Gasteiger partial charge in [0, 0.05) is 13.7 Å². The highest BCUT2D eigenvalue weighted by Gasteiger charge is 2.31. The molecular weight excluding hydrogens is 357 g/mol. The van der Waals surface area contributed by atoms with Crippen molar-refractivity contribution >= 4 is 0 Å². The van der Waals surface area contributed by atoms with Crippen LogP contribution in [0.15, 0.2) is 38.2 Å². The molecule has 0 spiro atoms. The van der Waals surface area contributed by atoms with Crippen LogP contribution < -0.4 is 5.76 Å². The summed E-state index contributed by atoms with van der Waals surface area (Å²) >= 11 is 0. The van der Waals surface area contributed by atoms with E-state index in [0.717, 1.165) is 16.7 Å². The van der Waals surface area contributed by atoms with Crippen LogP contribution >= 0.6 is 0 Å². The summed E-state index contributed by atoms with van der Waals surface area (Å²) in [5.41, 5.74) is -0.472. The lowest BCUT2D eigenvalue weighted by molar-refractivity contribution is -0.137. The number of hydrogen-bond donors (Lipinski definition) is 0. The first kappa shape index (κ1) is 17.9. The monoisotopic (exact) mass is 370 g/mol. The van der Waals surface area contributed by atoms with Crippen molar-refractivity contribution in [2.45, 2.75) is 19.0 Å². The van der Waals surface area contributed by atoms with Crippen LogP contribution in [0.4, 0.5) is 13.2 Å². The molecule has 0 saturated heterocycles. The van der Waals surface area contributed by atoms with Crippen molar-refractivity contribution in [2.75, 3.05) is 13.7 Å². The van der Waals surface area contributed by atoms with Gasteiger partial charge in [0.05, 0.1) is 11.3 Å². The van der Waals surface area contributed by atoms with Gasteiger partial charge in [-0.2, -0.15) is 13.2 Å². The Kier molecular flexibility index (Phi) is 4.89. The van der Waals surface area contributed by atoms with E-state index < -0.39 is 17.5 Å². The van der Waals surface area contributed by atoms with E-state index in [0.29, 0.717) is 25.1 Å². The fraction of sp³-hybridized carbons (Fsp3) is 0.333. The molecule has 0 fully saturated rings. The molecule has 26 heavy (non-hydrogen) atoms. The van der Waals surface area contributed by atoms with Crippen LogP contribution in [-0.2, 0) is 17.3 Å². The quantitative estimate of drug-likeness (QED) is 0.615. The highest BCUT2D eigenvalue weighted by atomic mass is 19.4. The maximum Gasteiger partial charge on any atom is 0.446 e. The molecule has 0 radical (unpaired) electrons. The van der Waals surface area contributed by atoms with Crippen LogP contribution in [0.2, 0.25) is 0 Å². The Hall–Kier alpha value is -2.95. The molecule has 0 N–H and O–H groups in total. The van der Waals surface area contributed by atoms with Gasteiger partial charge in [0.1, 0.15) is 5.69 Å². The van der Waals surface area contributed by atoms with E-state index in [2.05, 4.69) is 20.0 Å². The molecule has 0 atom stereocenters. The third-order valence-corrected chi connectivity index (χ3v) is 3.57. The second kappa shape index (κ2) is 7.12. The zero-order valence-electron chi connectivity index (χ0n) is 13.5. The fourth-order valence-electron chi connectivity index (χ4n) is 2.37. The number of ether oxygens (including phenoxy) is 1. The van der Waals surface area contributed by atoms with Crippen LogP contribution in [-0.4, -0.2) is 33.8 Å². The van der Waals surface area contributed by atoms with E-state index in [-0.39, 0.29) is 17.2 Å². The van der Waals surface area contributed by atoms with E-state index in [1.165, 1.54) is 12.1 Å². The van der Waals surface area contributed by atoms with Crippen molar-refractivity contribution in [3.63, 3.8) is 0 Å². The molecule has 3 aromatic rings. The fourth-order valence-corrected chi connectivity index (χ4v) is 2.37. The van der Waals surface area contributed by atoms with Gasteiger partial charge in [-0.05, 0) is 36.2 Å². The Balaban J connectivity index is 2.04. The van der Waals surface area contributed by atoms with Gasteiger partial charge in [-0.25, -0.2) is 14.0 Å². The van der Waals surface area contributed by atoms with Crippen molar-refractivity contribution in [3.05, 3.63) is 46.1 Å². The van der Waals surface area contributed by atoms with Gasteiger partial charge in [0.25, 0.3) is 0 Å². The molecule has 2 heterocycles. The molecule has 138 valence electrons. The Morgan fingerprint density at radius 3 is 2.77 bits per heavy atom. The molecular formula is C15H13F3N4O4. The highest BCUT2D eigenvalue weighted by molar-refractivity contribution is 5.55. The van der Waals surface area contributed by atoms with E-state index in [4.69, 9.17) is 9.37 Å². The van der Waals surface area contributed by atoms with Crippen LogP contribution in [0.1, 0.15) is 17.7 Å². The van der Waals surface area contributed by atoms with Gasteiger partial charge in [-0.1, -0.05) is 16.4 Å². The highest BCUT2D eigenvalue weighted by Crippen LogP contribution is 2.31. The number of hydrogen-bond acceptors (Lipinski definition) is 7. The predicted octanol–water partition coefficient (Wildman–Crippen LogP) is 2.47. The van der Waals surface area contributed by atoms with Crippen LogP contribution in [0.3, 0.4) is 0 Å². The van der Waals surface area contributed by atoms with Gasteiger partial charge in [0.15, 0.2) is 5.69 Å². The zero-order valence-corrected chi connectivity index (χ0v) is 13.5. The SMILES string of the molecule is COCCCc1nonc1-c1noc(=O)n1-c1cccc(C(F)(F)F)c1. The summed E-state index contributed by atoms with van der Waals surface area (Å²) in [6.07, 6.45) is -3.54. The number of benzene rings is 1. The molecule has 1 aromatic carbocycles. The van der Waals surface area contributed by atoms with E-state index in [1.54, 1.807) is 7.11 Å². The summed E-state index contributed by atoms with van der Waals surface area (Å²) in [6, 6.07) is 4.23. The van der Waals surface area contributed by atoms with E-state index in [9.17, 15) is 18.0 Å². The minimum atomic E-state index is -4.56. The molecule has 8 nitrogen and oxygen atoms in total. The third-order valence-electron chi connectivity index (χ3n) is 3.57. The molecule has 0 amide bonds. The number of rotatable bonds is 6. The number of alkyl halides is 3. The number of methoxy groups -OCH3 is 1. The molecule has 0 aliphatic rings. The zero-order chi connectivity index (χ0) is 18.7. The normalized spacial score (nSPS) is 11.8. The molecule has 11 heteroatoms. The molecule has 2 aromatic heterocycles. The van der Waals surface area contributed by atoms with Crippen molar-refractivity contribution in [1.29, 1.82) is 0 Å². The van der Waals surface area contributed by atoms with Crippen LogP contribution in [0, 0.1) is 0 Å². The van der Waals surface area contributed by atoms with Crippen molar-refractivity contribution < 1.29 is 27.1 Å². The number of aromatic nitrogens is 4. The lowest BCUT2D eigenvalue weighted by Crippen LogP contribution is -2.15. The second-order valence-corrected chi connectivity index (χ2v) is 5.31. The van der Waals surface area contributed by atoms with Crippen molar-refractivity contribution in [3.8, 4) is 17.2 Å². The first-order chi connectivity index (χ1) is 12.4. The maximum atomic E-state index is 12.9. The second-order valence-electron chi connectivity index (χ2n) is 5.31. The molecule has 0 aliphatic carbocycles. The average Bonchev–Trinajstić information content (AvgIpc) is 3.20. The van der Waals surface area contributed by atoms with Gasteiger partial charge in [-0.15, -0.1) is 0 Å². The molecule has 3 rings (SSSR count). The lowest BCUT2D eigenvalue weighted by Gasteiger charge is -2.09. The van der Waals surface area contributed by atoms with E-state index in [1.807, 2.05) is 0 Å². The summed E-state index contributed by atoms with van der Waals surface area (Å²) in [4.78, 5) is 12.0. The summed E-state index contributed by atoms with van der Waals surface area (Å²) in [7, 11) is 1.55. The Morgan fingerprint density at radius 2 is 2.04 bits per heavy atom. The largest absolute Gasteiger partial charge is 0.446 e.